The number of furan rings is 1. The monoisotopic (exact) mass is 328 g/mol. The van der Waals surface area contributed by atoms with Crippen molar-refractivity contribution in [2.45, 2.75) is 20.0 Å². The Labute approximate surface area is 138 Å². The minimum absolute atomic E-state index is 0.178. The number of benzene rings is 1. The number of carbonyl (C=O) groups excluding carboxylic acids is 2. The van der Waals surface area contributed by atoms with E-state index in [2.05, 4.69) is 4.74 Å². The first-order valence-corrected chi connectivity index (χ1v) is 7.37. The van der Waals surface area contributed by atoms with Crippen LogP contribution in [0.4, 0.5) is 0 Å². The van der Waals surface area contributed by atoms with E-state index >= 15 is 0 Å². The average molecular weight is 328 g/mol. The summed E-state index contributed by atoms with van der Waals surface area (Å²) in [5, 5.41) is 0. The maximum Gasteiger partial charge on any atom is 0.346 e. The molecule has 2 heterocycles. The van der Waals surface area contributed by atoms with Gasteiger partial charge in [0, 0.05) is 12.1 Å². The van der Waals surface area contributed by atoms with Crippen molar-refractivity contribution in [3.63, 3.8) is 0 Å². The van der Waals surface area contributed by atoms with Gasteiger partial charge in [0.1, 0.15) is 23.0 Å². The number of rotatable bonds is 4. The summed E-state index contributed by atoms with van der Waals surface area (Å²) in [7, 11) is 1.29. The largest absolute Gasteiger partial charge is 0.479 e. The van der Waals surface area contributed by atoms with Crippen molar-refractivity contribution in [2.24, 2.45) is 0 Å². The predicted molar refractivity (Wildman–Crippen MR) is 84.9 cm³/mol. The molecule has 6 nitrogen and oxygen atoms in total. The molecule has 0 fully saturated rings. The Morgan fingerprint density at radius 1 is 1.25 bits per heavy atom. The van der Waals surface area contributed by atoms with Crippen LogP contribution < -0.4 is 9.47 Å². The van der Waals surface area contributed by atoms with E-state index in [4.69, 9.17) is 13.9 Å². The van der Waals surface area contributed by atoms with Crippen molar-refractivity contribution >= 4 is 17.8 Å². The lowest BCUT2D eigenvalue weighted by Gasteiger charge is -2.12. The molecule has 0 spiro atoms. The first-order chi connectivity index (χ1) is 11.5. The van der Waals surface area contributed by atoms with Gasteiger partial charge in [0.2, 0.25) is 5.78 Å². The fourth-order valence-electron chi connectivity index (χ4n) is 2.32. The van der Waals surface area contributed by atoms with E-state index in [1.165, 1.54) is 7.11 Å². The van der Waals surface area contributed by atoms with E-state index in [-0.39, 0.29) is 11.5 Å². The molecule has 0 amide bonds. The number of hydrogen-bond acceptors (Lipinski definition) is 6. The maximum atomic E-state index is 12.3. The van der Waals surface area contributed by atoms with Crippen LogP contribution in [0, 0.1) is 6.92 Å². The van der Waals surface area contributed by atoms with Gasteiger partial charge in [0.15, 0.2) is 11.9 Å². The number of ether oxygens (including phenoxy) is 3. The summed E-state index contributed by atoms with van der Waals surface area (Å²) in [6, 6.07) is 8.35. The van der Waals surface area contributed by atoms with Crippen molar-refractivity contribution < 1.29 is 28.2 Å². The molecule has 0 unspecified atom stereocenters. The summed E-state index contributed by atoms with van der Waals surface area (Å²) < 4.78 is 21.1. The summed E-state index contributed by atoms with van der Waals surface area (Å²) in [5.41, 5.74) is 0.433. The molecular weight excluding hydrogens is 312 g/mol. The molecule has 1 aliphatic rings. The molecule has 6 heteroatoms. The third-order valence-electron chi connectivity index (χ3n) is 3.52. The van der Waals surface area contributed by atoms with Gasteiger partial charge in [0.05, 0.1) is 12.7 Å². The Hall–Kier alpha value is -3.02. The summed E-state index contributed by atoms with van der Waals surface area (Å²) in [4.78, 5) is 23.8. The molecule has 1 aromatic heterocycles. The van der Waals surface area contributed by atoms with Gasteiger partial charge in [-0.25, -0.2) is 4.79 Å². The van der Waals surface area contributed by atoms with Crippen LogP contribution in [-0.4, -0.2) is 25.0 Å². The number of carbonyl (C=O) groups is 2. The van der Waals surface area contributed by atoms with E-state index in [1.807, 2.05) is 6.92 Å². The molecule has 0 saturated heterocycles. The number of esters is 1. The first-order valence-electron chi connectivity index (χ1n) is 7.37. The van der Waals surface area contributed by atoms with Crippen molar-refractivity contribution in [3.8, 4) is 11.5 Å². The lowest BCUT2D eigenvalue weighted by Crippen LogP contribution is -2.24. The normalized spacial score (nSPS) is 15.8. The Morgan fingerprint density at radius 3 is 2.71 bits per heavy atom. The van der Waals surface area contributed by atoms with Crippen LogP contribution in [0.5, 0.6) is 11.5 Å². The minimum Gasteiger partial charge on any atom is -0.479 e. The fourth-order valence-corrected chi connectivity index (χ4v) is 2.32. The first kappa shape index (κ1) is 15.9. The molecule has 0 radical (unpaired) electrons. The molecule has 124 valence electrons. The van der Waals surface area contributed by atoms with Gasteiger partial charge in [-0.05, 0) is 38.1 Å². The van der Waals surface area contributed by atoms with Gasteiger partial charge >= 0.3 is 5.97 Å². The topological polar surface area (TPSA) is 75.0 Å². The number of allylic oxidation sites excluding steroid dienone is 1. The second-order valence-electron chi connectivity index (χ2n) is 5.33. The van der Waals surface area contributed by atoms with Gasteiger partial charge in [0.25, 0.3) is 0 Å². The highest BCUT2D eigenvalue weighted by Gasteiger charge is 2.28. The van der Waals surface area contributed by atoms with Gasteiger partial charge in [-0.1, -0.05) is 0 Å². The number of hydrogen-bond donors (Lipinski definition) is 0. The quantitative estimate of drug-likeness (QED) is 0.634. The Morgan fingerprint density at radius 2 is 2.04 bits per heavy atom. The third kappa shape index (κ3) is 3.03. The molecule has 1 aliphatic heterocycles. The van der Waals surface area contributed by atoms with Crippen LogP contribution >= 0.6 is 0 Å². The molecule has 0 aliphatic carbocycles. The zero-order valence-electron chi connectivity index (χ0n) is 13.5. The third-order valence-corrected chi connectivity index (χ3v) is 3.52. The number of methoxy groups -OCH3 is 1. The van der Waals surface area contributed by atoms with Crippen molar-refractivity contribution in [3.05, 3.63) is 53.2 Å². The molecule has 1 aromatic carbocycles. The highest BCUT2D eigenvalue weighted by atomic mass is 16.6. The average Bonchev–Trinajstić information content (AvgIpc) is 3.10. The molecule has 1 atom stereocenters. The second kappa shape index (κ2) is 6.23. The number of aryl methyl sites for hydroxylation is 1. The van der Waals surface area contributed by atoms with E-state index < -0.39 is 12.1 Å². The molecule has 2 aromatic rings. The van der Waals surface area contributed by atoms with E-state index in [0.717, 1.165) is 5.76 Å². The van der Waals surface area contributed by atoms with E-state index in [0.29, 0.717) is 22.8 Å². The molecule has 0 saturated carbocycles. The number of fused-ring (bicyclic) bond motifs is 1. The predicted octanol–water partition coefficient (Wildman–Crippen LogP) is 3.14. The van der Waals surface area contributed by atoms with Crippen LogP contribution in [0.25, 0.3) is 6.08 Å². The minimum atomic E-state index is -0.758. The van der Waals surface area contributed by atoms with Crippen LogP contribution in [0.1, 0.15) is 28.8 Å². The zero-order valence-corrected chi connectivity index (χ0v) is 13.5. The summed E-state index contributed by atoms with van der Waals surface area (Å²) in [6.45, 7) is 3.40. The molecule has 0 N–H and O–H groups in total. The fraction of sp³-hybridized carbons (Fsp3) is 0.222. The van der Waals surface area contributed by atoms with Crippen LogP contribution in [0.15, 0.2) is 40.5 Å². The SMILES string of the molecule is COC(=O)[C@@H](C)Oc1ccc2c(c1)O/C(=C/c1ccc(C)o1)C2=O. The second-order valence-corrected chi connectivity index (χ2v) is 5.33. The van der Waals surface area contributed by atoms with Crippen LogP contribution in [0.2, 0.25) is 0 Å². The van der Waals surface area contributed by atoms with Crippen LogP contribution in [-0.2, 0) is 9.53 Å². The lowest BCUT2D eigenvalue weighted by molar-refractivity contribution is -0.147. The maximum absolute atomic E-state index is 12.3. The van der Waals surface area contributed by atoms with Crippen molar-refractivity contribution in [2.75, 3.05) is 7.11 Å². The summed E-state index contributed by atoms with van der Waals surface area (Å²) >= 11 is 0. The molecule has 3 rings (SSSR count). The molecular formula is C18H16O6. The number of Topliss-reactive ketones (excluding diaryl/α,β-unsaturated/α-hetero) is 1. The Balaban J connectivity index is 1.81. The Bertz CT molecular complexity index is 830. The molecule has 24 heavy (non-hydrogen) atoms. The highest BCUT2D eigenvalue weighted by molar-refractivity contribution is 6.14. The van der Waals surface area contributed by atoms with E-state index in [9.17, 15) is 9.59 Å². The zero-order chi connectivity index (χ0) is 17.3. The van der Waals surface area contributed by atoms with Gasteiger partial charge < -0.3 is 18.6 Å². The van der Waals surface area contributed by atoms with Crippen molar-refractivity contribution in [1.82, 2.24) is 0 Å². The Kier molecular flexibility index (Phi) is 4.12. The smallest absolute Gasteiger partial charge is 0.346 e. The van der Waals surface area contributed by atoms with Crippen molar-refractivity contribution in [1.29, 1.82) is 0 Å². The van der Waals surface area contributed by atoms with E-state index in [1.54, 1.807) is 43.3 Å². The van der Waals surface area contributed by atoms with Gasteiger partial charge in [-0.2, -0.15) is 0 Å². The summed E-state index contributed by atoms with van der Waals surface area (Å²) in [6.07, 6.45) is 0.790. The van der Waals surface area contributed by atoms with Gasteiger partial charge in [-0.15, -0.1) is 0 Å². The standard InChI is InChI=1S/C18H16O6/c1-10-4-5-12(22-10)9-16-17(19)14-7-6-13(8-15(14)24-16)23-11(2)18(20)21-3/h4-9,11H,1-3H3/b16-9+/t11-/m1/s1. The summed E-state index contributed by atoms with van der Waals surface area (Å²) in [5.74, 6) is 1.54. The van der Waals surface area contributed by atoms with Crippen LogP contribution in [0.3, 0.4) is 0 Å². The van der Waals surface area contributed by atoms with Gasteiger partial charge in [-0.3, -0.25) is 4.79 Å². The number of ketones is 1. The molecule has 0 bridgehead atoms. The highest BCUT2D eigenvalue weighted by Crippen LogP contribution is 2.35. The lowest BCUT2D eigenvalue weighted by atomic mass is 10.1.